The fourth-order valence-electron chi connectivity index (χ4n) is 4.15. The van der Waals surface area contributed by atoms with E-state index in [1.807, 2.05) is 11.0 Å². The lowest BCUT2D eigenvalue weighted by atomic mass is 10.1. The van der Waals surface area contributed by atoms with Crippen molar-refractivity contribution in [3.8, 4) is 0 Å². The van der Waals surface area contributed by atoms with Gasteiger partial charge in [0.1, 0.15) is 13.2 Å². The monoisotopic (exact) mass is 553 g/mol. The zero-order chi connectivity index (χ0) is 28.8. The Morgan fingerprint density at radius 3 is 2.08 bits per heavy atom. The molecule has 5 N–H and O–H groups in total. The van der Waals surface area contributed by atoms with Crippen molar-refractivity contribution >= 4 is 40.9 Å². The average molecular weight is 554 g/mol. The van der Waals surface area contributed by atoms with Crippen molar-refractivity contribution in [2.75, 3.05) is 55.1 Å². The van der Waals surface area contributed by atoms with Crippen LogP contribution in [0.4, 0.5) is 17.1 Å². The topological polar surface area (TPSA) is 186 Å². The number of aliphatic carboxylic acids is 2. The van der Waals surface area contributed by atoms with Crippen LogP contribution in [0.15, 0.2) is 18.2 Å². The summed E-state index contributed by atoms with van der Waals surface area (Å²) < 4.78 is 10.6. The molecule has 1 aliphatic heterocycles. The molecular formula is C26H39N3O10. The second-order valence-corrected chi connectivity index (χ2v) is 9.31. The maximum absolute atomic E-state index is 12.0. The van der Waals surface area contributed by atoms with E-state index in [9.17, 15) is 24.3 Å². The van der Waals surface area contributed by atoms with E-state index < -0.39 is 23.8 Å². The predicted octanol–water partition coefficient (Wildman–Crippen LogP) is 1.76. The Balaban J connectivity index is 2.04. The quantitative estimate of drug-likeness (QED) is 0.123. The minimum absolute atomic E-state index is 0.00627. The number of aliphatic hydroxyl groups is 2. The number of carbonyl (C=O) groups excluding carboxylic acids is 2. The lowest BCUT2D eigenvalue weighted by Crippen LogP contribution is -2.48. The van der Waals surface area contributed by atoms with Crippen molar-refractivity contribution in [2.24, 2.45) is 0 Å². The zero-order valence-corrected chi connectivity index (χ0v) is 22.3. The lowest BCUT2D eigenvalue weighted by molar-refractivity contribution is -0.144. The first-order valence-electron chi connectivity index (χ1n) is 13.0. The third-order valence-electron chi connectivity index (χ3n) is 6.32. The number of anilines is 3. The molecular weight excluding hydrogens is 514 g/mol. The van der Waals surface area contributed by atoms with Crippen molar-refractivity contribution in [1.29, 1.82) is 0 Å². The third kappa shape index (κ3) is 10.6. The van der Waals surface area contributed by atoms with Crippen LogP contribution >= 0.6 is 0 Å². The van der Waals surface area contributed by atoms with Crippen LogP contribution in [0.2, 0.25) is 0 Å². The number of nitrogens with zero attached hydrogens (tertiary/aromatic N) is 2. The molecule has 39 heavy (non-hydrogen) atoms. The highest BCUT2D eigenvalue weighted by Gasteiger charge is 2.39. The Hall–Kier alpha value is -3.58. The number of rotatable bonds is 19. The molecule has 0 fully saturated rings. The smallest absolute Gasteiger partial charge is 0.305 e. The van der Waals surface area contributed by atoms with Crippen LogP contribution < -0.4 is 15.1 Å². The zero-order valence-electron chi connectivity index (χ0n) is 22.3. The molecule has 218 valence electrons. The Labute approximate surface area is 227 Å². The van der Waals surface area contributed by atoms with E-state index in [0.29, 0.717) is 30.8 Å². The number of aliphatic hydroxyl groups excluding tert-OH is 1. The SMILES string of the molecule is CN1c2ccc(N(CCOC(=O)CCCCO)CCOC(=O)CCCC(=O)O)cc2NC1(O)CCCC(=O)O. The van der Waals surface area contributed by atoms with Gasteiger partial charge in [-0.2, -0.15) is 0 Å². The molecule has 13 nitrogen and oxygen atoms in total. The largest absolute Gasteiger partial charge is 0.481 e. The highest BCUT2D eigenvalue weighted by molar-refractivity contribution is 5.80. The Morgan fingerprint density at radius 2 is 1.49 bits per heavy atom. The number of carboxylic acid groups (broad SMARTS) is 2. The molecule has 0 radical (unpaired) electrons. The van der Waals surface area contributed by atoms with Gasteiger partial charge in [-0.05, 0) is 43.9 Å². The maximum Gasteiger partial charge on any atom is 0.305 e. The summed E-state index contributed by atoms with van der Waals surface area (Å²) in [7, 11) is 1.71. The van der Waals surface area contributed by atoms with Crippen LogP contribution in [0, 0.1) is 0 Å². The van der Waals surface area contributed by atoms with E-state index in [1.165, 1.54) is 0 Å². The second kappa shape index (κ2) is 15.7. The van der Waals surface area contributed by atoms with E-state index >= 15 is 0 Å². The van der Waals surface area contributed by atoms with Gasteiger partial charge < -0.3 is 45.0 Å². The van der Waals surface area contributed by atoms with Gasteiger partial charge in [-0.3, -0.25) is 19.2 Å². The first-order chi connectivity index (χ1) is 18.6. The van der Waals surface area contributed by atoms with Crippen molar-refractivity contribution in [1.82, 2.24) is 0 Å². The van der Waals surface area contributed by atoms with Gasteiger partial charge in [0.2, 0.25) is 5.85 Å². The lowest BCUT2D eigenvalue weighted by Gasteiger charge is -2.32. The van der Waals surface area contributed by atoms with E-state index in [4.69, 9.17) is 24.8 Å². The number of benzene rings is 1. The molecule has 0 amide bonds. The van der Waals surface area contributed by atoms with Crippen LogP contribution in [0.1, 0.15) is 57.8 Å². The van der Waals surface area contributed by atoms with Gasteiger partial charge in [-0.25, -0.2) is 0 Å². The number of hydrogen-bond acceptors (Lipinski definition) is 11. The summed E-state index contributed by atoms with van der Waals surface area (Å²) in [6.07, 6.45) is 1.69. The number of unbranched alkanes of at least 4 members (excludes halogenated alkanes) is 1. The summed E-state index contributed by atoms with van der Waals surface area (Å²) >= 11 is 0. The van der Waals surface area contributed by atoms with Gasteiger partial charge in [-0.15, -0.1) is 0 Å². The molecule has 13 heteroatoms. The fourth-order valence-corrected chi connectivity index (χ4v) is 4.15. The summed E-state index contributed by atoms with van der Waals surface area (Å²) in [6, 6.07) is 5.43. The normalized spacial score (nSPS) is 15.8. The van der Waals surface area contributed by atoms with E-state index in [1.54, 1.807) is 24.1 Å². The number of hydrogen-bond donors (Lipinski definition) is 5. The van der Waals surface area contributed by atoms with Gasteiger partial charge in [0.05, 0.1) is 24.5 Å². The molecule has 2 rings (SSSR count). The van der Waals surface area contributed by atoms with Crippen LogP contribution in [0.3, 0.4) is 0 Å². The van der Waals surface area contributed by atoms with Gasteiger partial charge in [-0.1, -0.05) is 0 Å². The number of esters is 2. The van der Waals surface area contributed by atoms with Crippen molar-refractivity contribution in [3.63, 3.8) is 0 Å². The van der Waals surface area contributed by atoms with Gasteiger partial charge in [0.15, 0.2) is 0 Å². The van der Waals surface area contributed by atoms with Crippen molar-refractivity contribution in [3.05, 3.63) is 18.2 Å². The van der Waals surface area contributed by atoms with Gasteiger partial charge in [0, 0.05) is 51.4 Å². The Morgan fingerprint density at radius 1 is 0.897 bits per heavy atom. The number of fused-ring (bicyclic) bond motifs is 1. The average Bonchev–Trinajstić information content (AvgIpc) is 3.11. The van der Waals surface area contributed by atoms with Crippen LogP contribution in [0.25, 0.3) is 0 Å². The number of nitrogens with one attached hydrogen (secondary N) is 1. The Bertz CT molecular complexity index is 989. The van der Waals surface area contributed by atoms with E-state index in [0.717, 1.165) is 5.69 Å². The molecule has 0 saturated carbocycles. The molecule has 0 aliphatic carbocycles. The summed E-state index contributed by atoms with van der Waals surface area (Å²) in [4.78, 5) is 48.9. The molecule has 1 heterocycles. The standard InChI is InChI=1S/C26H39N3O10/c1-28-21-11-10-19(18-20(21)27-26(28,37)12-5-7-23(33)34)29(13-16-38-24(35)8-2-3-15-30)14-17-39-25(36)9-4-6-22(31)32/h10-11,18,27,30,37H,2-9,12-17H2,1H3,(H,31,32)(H,33,34). The highest BCUT2D eigenvalue weighted by Crippen LogP contribution is 2.41. The summed E-state index contributed by atoms with van der Waals surface area (Å²) in [6.45, 7) is 0.671. The minimum atomic E-state index is -1.45. The van der Waals surface area contributed by atoms with E-state index in [-0.39, 0.29) is 77.3 Å². The summed E-state index contributed by atoms with van der Waals surface area (Å²) in [5, 5.41) is 40.6. The molecule has 0 saturated heterocycles. The number of carbonyl (C=O) groups is 4. The molecule has 1 atom stereocenters. The van der Waals surface area contributed by atoms with Crippen LogP contribution in [-0.4, -0.2) is 90.1 Å². The second-order valence-electron chi connectivity index (χ2n) is 9.31. The van der Waals surface area contributed by atoms with Crippen molar-refractivity contribution in [2.45, 2.75) is 63.6 Å². The molecule has 1 aliphatic rings. The minimum Gasteiger partial charge on any atom is -0.481 e. The van der Waals surface area contributed by atoms with Gasteiger partial charge >= 0.3 is 23.9 Å². The predicted molar refractivity (Wildman–Crippen MR) is 141 cm³/mol. The van der Waals surface area contributed by atoms with Crippen molar-refractivity contribution < 1.29 is 49.1 Å². The molecule has 1 unspecified atom stereocenters. The number of carboxylic acids is 2. The fraction of sp³-hybridized carbons (Fsp3) is 0.615. The molecule has 0 spiro atoms. The first kappa shape index (κ1) is 31.6. The van der Waals surface area contributed by atoms with Gasteiger partial charge in [0.25, 0.3) is 0 Å². The van der Waals surface area contributed by atoms with Crippen LogP contribution in [-0.2, 0) is 28.7 Å². The molecule has 0 bridgehead atoms. The van der Waals surface area contributed by atoms with Crippen LogP contribution in [0.5, 0.6) is 0 Å². The Kier molecular flexibility index (Phi) is 12.8. The van der Waals surface area contributed by atoms with E-state index in [2.05, 4.69) is 5.32 Å². The molecule has 1 aromatic rings. The summed E-state index contributed by atoms with van der Waals surface area (Å²) in [5.41, 5.74) is 2.06. The third-order valence-corrected chi connectivity index (χ3v) is 6.32. The first-order valence-corrected chi connectivity index (χ1v) is 13.0. The molecule has 1 aromatic carbocycles. The highest BCUT2D eigenvalue weighted by atomic mass is 16.5. The maximum atomic E-state index is 12.0. The molecule has 0 aromatic heterocycles. The number of ether oxygens (including phenoxy) is 2. The summed E-state index contributed by atoms with van der Waals surface area (Å²) in [5.74, 6) is -4.25.